The fraction of sp³-hybridized carbons (Fsp3) is 0.300. The molecule has 3 heteroatoms. The molecule has 1 aliphatic rings. The number of nitrogens with one attached hydrogen (secondary N) is 1. The van der Waals surface area contributed by atoms with Gasteiger partial charge in [0.05, 0.1) is 11.6 Å². The van der Waals surface area contributed by atoms with Gasteiger partial charge in [-0.05, 0) is 31.2 Å². The number of benzene rings is 1. The Morgan fingerprint density at radius 3 is 2.85 bits per heavy atom. The minimum Gasteiger partial charge on any atom is -0.508 e. The van der Waals surface area contributed by atoms with Crippen LogP contribution in [0.1, 0.15) is 23.6 Å². The van der Waals surface area contributed by atoms with Crippen LogP contribution in [-0.2, 0) is 0 Å². The monoisotopic (exact) mass is 174 g/mol. The van der Waals surface area contributed by atoms with Crippen molar-refractivity contribution in [3.05, 3.63) is 29.3 Å². The van der Waals surface area contributed by atoms with Crippen LogP contribution in [0, 0.1) is 11.3 Å². The van der Waals surface area contributed by atoms with Crippen molar-refractivity contribution in [3.63, 3.8) is 0 Å². The SMILES string of the molecule is N#Cc1ccc(O)c([C@@H]2CCN2)c1. The highest BCUT2D eigenvalue weighted by Crippen LogP contribution is 2.30. The van der Waals surface area contributed by atoms with Crippen molar-refractivity contribution < 1.29 is 5.11 Å². The minimum absolute atomic E-state index is 0.230. The van der Waals surface area contributed by atoms with E-state index in [1.807, 2.05) is 0 Å². The van der Waals surface area contributed by atoms with E-state index in [0.717, 1.165) is 18.5 Å². The van der Waals surface area contributed by atoms with Crippen molar-refractivity contribution in [2.45, 2.75) is 12.5 Å². The lowest BCUT2D eigenvalue weighted by molar-refractivity contribution is 0.364. The summed E-state index contributed by atoms with van der Waals surface area (Å²) < 4.78 is 0. The van der Waals surface area contributed by atoms with Gasteiger partial charge in [0.1, 0.15) is 5.75 Å². The van der Waals surface area contributed by atoms with E-state index in [0.29, 0.717) is 5.56 Å². The maximum Gasteiger partial charge on any atom is 0.120 e. The van der Waals surface area contributed by atoms with Crippen molar-refractivity contribution >= 4 is 0 Å². The summed E-state index contributed by atoms with van der Waals surface area (Å²) in [6.45, 7) is 0.987. The molecule has 0 aliphatic carbocycles. The quantitative estimate of drug-likeness (QED) is 0.674. The Kier molecular flexibility index (Phi) is 1.91. The largest absolute Gasteiger partial charge is 0.508 e. The zero-order chi connectivity index (χ0) is 9.26. The summed E-state index contributed by atoms with van der Waals surface area (Å²) in [6.07, 6.45) is 1.03. The molecule has 3 nitrogen and oxygen atoms in total. The number of nitriles is 1. The van der Waals surface area contributed by atoms with Crippen LogP contribution in [0.5, 0.6) is 5.75 Å². The smallest absolute Gasteiger partial charge is 0.120 e. The molecule has 1 aromatic rings. The lowest BCUT2D eigenvalue weighted by Crippen LogP contribution is -2.34. The summed E-state index contributed by atoms with van der Waals surface area (Å²) in [4.78, 5) is 0. The van der Waals surface area contributed by atoms with Gasteiger partial charge in [-0.15, -0.1) is 0 Å². The van der Waals surface area contributed by atoms with Crippen LogP contribution < -0.4 is 5.32 Å². The third kappa shape index (κ3) is 1.36. The minimum atomic E-state index is 0.230. The van der Waals surface area contributed by atoms with E-state index in [2.05, 4.69) is 11.4 Å². The molecule has 1 aromatic carbocycles. The molecule has 0 saturated carbocycles. The molecule has 1 saturated heterocycles. The maximum absolute atomic E-state index is 9.52. The predicted molar refractivity (Wildman–Crippen MR) is 48.2 cm³/mol. The molecule has 1 atom stereocenters. The summed E-state index contributed by atoms with van der Waals surface area (Å²) >= 11 is 0. The van der Waals surface area contributed by atoms with E-state index in [-0.39, 0.29) is 11.8 Å². The van der Waals surface area contributed by atoms with Gasteiger partial charge in [0.25, 0.3) is 0 Å². The topological polar surface area (TPSA) is 56.0 Å². The highest BCUT2D eigenvalue weighted by atomic mass is 16.3. The van der Waals surface area contributed by atoms with Crippen LogP contribution in [0.25, 0.3) is 0 Å². The second kappa shape index (κ2) is 3.08. The Hall–Kier alpha value is -1.53. The van der Waals surface area contributed by atoms with Crippen molar-refractivity contribution in [2.75, 3.05) is 6.54 Å². The molecule has 0 amide bonds. The van der Waals surface area contributed by atoms with Gasteiger partial charge in [-0.3, -0.25) is 0 Å². The van der Waals surface area contributed by atoms with Crippen LogP contribution in [0.2, 0.25) is 0 Å². The van der Waals surface area contributed by atoms with Crippen molar-refractivity contribution in [1.29, 1.82) is 5.26 Å². The van der Waals surface area contributed by atoms with E-state index in [1.165, 1.54) is 0 Å². The number of hydrogen-bond donors (Lipinski definition) is 2. The number of rotatable bonds is 1. The number of phenols is 1. The fourth-order valence-corrected chi connectivity index (χ4v) is 1.46. The molecule has 66 valence electrons. The fourth-order valence-electron chi connectivity index (χ4n) is 1.46. The Morgan fingerprint density at radius 1 is 1.54 bits per heavy atom. The van der Waals surface area contributed by atoms with E-state index in [9.17, 15) is 5.11 Å². The van der Waals surface area contributed by atoms with Gasteiger partial charge >= 0.3 is 0 Å². The highest BCUT2D eigenvalue weighted by Gasteiger charge is 2.21. The zero-order valence-corrected chi connectivity index (χ0v) is 7.12. The van der Waals surface area contributed by atoms with E-state index in [1.54, 1.807) is 18.2 Å². The molecule has 1 aliphatic heterocycles. The Bertz CT molecular complexity index is 364. The molecule has 0 aromatic heterocycles. The lowest BCUT2D eigenvalue weighted by atomic mass is 9.96. The summed E-state index contributed by atoms with van der Waals surface area (Å²) in [5, 5.41) is 21.4. The van der Waals surface area contributed by atoms with Crippen LogP contribution in [-0.4, -0.2) is 11.7 Å². The summed E-state index contributed by atoms with van der Waals surface area (Å²) in [5.41, 5.74) is 1.44. The summed E-state index contributed by atoms with van der Waals surface area (Å²) in [6, 6.07) is 7.23. The third-order valence-corrected chi connectivity index (χ3v) is 2.36. The second-order valence-electron chi connectivity index (χ2n) is 3.18. The molecule has 0 bridgehead atoms. The van der Waals surface area contributed by atoms with Gasteiger partial charge in [-0.1, -0.05) is 0 Å². The normalized spacial score (nSPS) is 20.4. The lowest BCUT2D eigenvalue weighted by Gasteiger charge is -2.28. The average molecular weight is 174 g/mol. The van der Waals surface area contributed by atoms with E-state index in [4.69, 9.17) is 5.26 Å². The molecule has 1 heterocycles. The zero-order valence-electron chi connectivity index (χ0n) is 7.12. The molecule has 2 N–H and O–H groups in total. The number of hydrogen-bond acceptors (Lipinski definition) is 3. The molecule has 1 fully saturated rings. The van der Waals surface area contributed by atoms with E-state index < -0.39 is 0 Å². The maximum atomic E-state index is 9.52. The Morgan fingerprint density at radius 2 is 2.31 bits per heavy atom. The number of nitrogens with zero attached hydrogens (tertiary/aromatic N) is 1. The molecule has 13 heavy (non-hydrogen) atoms. The van der Waals surface area contributed by atoms with Gasteiger partial charge in [0.15, 0.2) is 0 Å². The van der Waals surface area contributed by atoms with Crippen LogP contribution in [0.3, 0.4) is 0 Å². The molecule has 2 rings (SSSR count). The van der Waals surface area contributed by atoms with Crippen molar-refractivity contribution in [1.82, 2.24) is 5.32 Å². The summed E-state index contributed by atoms with van der Waals surface area (Å²) in [5.74, 6) is 0.274. The van der Waals surface area contributed by atoms with E-state index >= 15 is 0 Å². The molecule has 0 spiro atoms. The number of phenolic OH excluding ortho intramolecular Hbond substituents is 1. The number of aromatic hydroxyl groups is 1. The third-order valence-electron chi connectivity index (χ3n) is 2.36. The first-order valence-electron chi connectivity index (χ1n) is 4.27. The van der Waals surface area contributed by atoms with Gasteiger partial charge in [0.2, 0.25) is 0 Å². The molecular formula is C10H10N2O. The van der Waals surface area contributed by atoms with Gasteiger partial charge in [-0.2, -0.15) is 5.26 Å². The first-order valence-corrected chi connectivity index (χ1v) is 4.27. The highest BCUT2D eigenvalue weighted by molar-refractivity contribution is 5.43. The molecule has 0 radical (unpaired) electrons. The molecule has 0 unspecified atom stereocenters. The summed E-state index contributed by atoms with van der Waals surface area (Å²) in [7, 11) is 0. The van der Waals surface area contributed by atoms with Crippen LogP contribution in [0.15, 0.2) is 18.2 Å². The Labute approximate surface area is 76.6 Å². The first kappa shape index (κ1) is 8.09. The molecular weight excluding hydrogens is 164 g/mol. The van der Waals surface area contributed by atoms with Gasteiger partial charge in [-0.25, -0.2) is 0 Å². The van der Waals surface area contributed by atoms with Crippen LogP contribution >= 0.6 is 0 Å². The van der Waals surface area contributed by atoms with Gasteiger partial charge < -0.3 is 10.4 Å². The predicted octanol–water partition coefficient (Wildman–Crippen LogP) is 1.30. The van der Waals surface area contributed by atoms with Crippen molar-refractivity contribution in [3.8, 4) is 11.8 Å². The standard InChI is InChI=1S/C10H10N2O/c11-6-7-1-2-10(13)8(5-7)9-3-4-12-9/h1-2,5,9,12-13H,3-4H2/t9-/m0/s1. The Balaban J connectivity index is 2.37. The van der Waals surface area contributed by atoms with Crippen LogP contribution in [0.4, 0.5) is 0 Å². The second-order valence-corrected chi connectivity index (χ2v) is 3.18. The van der Waals surface area contributed by atoms with Gasteiger partial charge in [0, 0.05) is 11.6 Å². The average Bonchev–Trinajstić information content (AvgIpc) is 2.06. The first-order chi connectivity index (χ1) is 6.31. The van der Waals surface area contributed by atoms with Crippen molar-refractivity contribution in [2.24, 2.45) is 0 Å².